The molecule has 0 spiro atoms. The summed E-state index contributed by atoms with van der Waals surface area (Å²) in [6, 6.07) is 4.45. The Labute approximate surface area is 128 Å². The number of benzene rings is 1. The topological polar surface area (TPSA) is 109 Å². The number of carbonyl (C=O) groups is 3. The first-order chi connectivity index (χ1) is 10.3. The fourth-order valence-corrected chi connectivity index (χ4v) is 2.95. The van der Waals surface area contributed by atoms with Gasteiger partial charge in [0.25, 0.3) is 5.91 Å². The van der Waals surface area contributed by atoms with Crippen molar-refractivity contribution in [3.8, 4) is 0 Å². The number of nitrogens with one attached hydrogen (secondary N) is 1. The number of nitrogens with two attached hydrogens (primary N) is 1. The molecule has 2 rings (SSSR count). The van der Waals surface area contributed by atoms with Crippen LogP contribution in [0.25, 0.3) is 0 Å². The number of hydrogen-bond acceptors (Lipinski definition) is 3. The molecular weight excluding hydrogens is 284 g/mol. The summed E-state index contributed by atoms with van der Waals surface area (Å²) in [5, 5.41) is 11.8. The van der Waals surface area contributed by atoms with Crippen molar-refractivity contribution >= 4 is 17.8 Å². The van der Waals surface area contributed by atoms with Crippen LogP contribution in [0.5, 0.6) is 0 Å². The molecule has 0 aliphatic heterocycles. The SMILES string of the molecule is Cc1cc(C(=O)O)cc(C(=O)NCC2(C(N)=O)CCCC2)c1. The molecular formula is C16H20N2O4. The lowest BCUT2D eigenvalue weighted by atomic mass is 9.85. The van der Waals surface area contributed by atoms with Crippen molar-refractivity contribution in [3.05, 3.63) is 34.9 Å². The van der Waals surface area contributed by atoms with Crippen molar-refractivity contribution in [2.24, 2.45) is 11.1 Å². The van der Waals surface area contributed by atoms with Crippen molar-refractivity contribution in [2.75, 3.05) is 6.54 Å². The molecule has 0 atom stereocenters. The quantitative estimate of drug-likeness (QED) is 0.765. The summed E-state index contributed by atoms with van der Waals surface area (Å²) in [6.45, 7) is 1.92. The summed E-state index contributed by atoms with van der Waals surface area (Å²) < 4.78 is 0. The highest BCUT2D eigenvalue weighted by atomic mass is 16.4. The second-order valence-electron chi connectivity index (χ2n) is 5.93. The van der Waals surface area contributed by atoms with E-state index < -0.39 is 17.3 Å². The van der Waals surface area contributed by atoms with Crippen LogP contribution < -0.4 is 11.1 Å². The molecule has 118 valence electrons. The number of amides is 2. The van der Waals surface area contributed by atoms with E-state index in [2.05, 4.69) is 5.32 Å². The molecule has 6 nitrogen and oxygen atoms in total. The van der Waals surface area contributed by atoms with E-state index in [1.165, 1.54) is 12.1 Å². The first-order valence-electron chi connectivity index (χ1n) is 7.27. The summed E-state index contributed by atoms with van der Waals surface area (Å²) in [7, 11) is 0. The molecule has 0 aromatic heterocycles. The van der Waals surface area contributed by atoms with Gasteiger partial charge in [-0.2, -0.15) is 0 Å². The largest absolute Gasteiger partial charge is 0.478 e. The molecule has 0 unspecified atom stereocenters. The van der Waals surface area contributed by atoms with Gasteiger partial charge in [0.05, 0.1) is 11.0 Å². The van der Waals surface area contributed by atoms with E-state index in [4.69, 9.17) is 10.8 Å². The normalized spacial score (nSPS) is 16.2. The molecule has 1 saturated carbocycles. The van der Waals surface area contributed by atoms with E-state index >= 15 is 0 Å². The van der Waals surface area contributed by atoms with E-state index in [-0.39, 0.29) is 23.6 Å². The van der Waals surface area contributed by atoms with Crippen molar-refractivity contribution in [1.82, 2.24) is 5.32 Å². The molecule has 0 saturated heterocycles. The van der Waals surface area contributed by atoms with Crippen molar-refractivity contribution < 1.29 is 19.5 Å². The van der Waals surface area contributed by atoms with E-state index in [0.717, 1.165) is 12.8 Å². The molecule has 1 aliphatic rings. The molecule has 1 aromatic rings. The Morgan fingerprint density at radius 1 is 1.18 bits per heavy atom. The standard InChI is InChI=1S/C16H20N2O4/c1-10-6-11(8-12(7-10)14(20)21)13(19)18-9-16(15(17)22)4-2-3-5-16/h6-8H,2-5,9H2,1H3,(H2,17,22)(H,18,19)(H,20,21). The maximum absolute atomic E-state index is 12.2. The van der Waals surface area contributed by atoms with Gasteiger partial charge in [-0.3, -0.25) is 9.59 Å². The Bertz CT molecular complexity index is 619. The number of rotatable bonds is 5. The van der Waals surface area contributed by atoms with Gasteiger partial charge in [-0.05, 0) is 43.5 Å². The lowest BCUT2D eigenvalue weighted by Crippen LogP contribution is -2.44. The average Bonchev–Trinajstić information content (AvgIpc) is 2.94. The maximum Gasteiger partial charge on any atom is 0.335 e. The minimum Gasteiger partial charge on any atom is -0.478 e. The molecule has 4 N–H and O–H groups in total. The summed E-state index contributed by atoms with van der Waals surface area (Å²) in [5.41, 5.74) is 5.83. The van der Waals surface area contributed by atoms with E-state index in [1.807, 2.05) is 0 Å². The second kappa shape index (κ2) is 6.17. The van der Waals surface area contributed by atoms with Gasteiger partial charge in [0.15, 0.2) is 0 Å². The Balaban J connectivity index is 2.12. The van der Waals surface area contributed by atoms with Crippen LogP contribution in [0.2, 0.25) is 0 Å². The predicted octanol–water partition coefficient (Wildman–Crippen LogP) is 1.47. The van der Waals surface area contributed by atoms with Gasteiger partial charge in [0.2, 0.25) is 5.91 Å². The molecule has 0 radical (unpaired) electrons. The molecule has 22 heavy (non-hydrogen) atoms. The number of aryl methyl sites for hydroxylation is 1. The number of primary amides is 1. The molecule has 1 fully saturated rings. The molecule has 1 aromatic carbocycles. The highest BCUT2D eigenvalue weighted by Gasteiger charge is 2.39. The van der Waals surface area contributed by atoms with E-state index in [9.17, 15) is 14.4 Å². The third kappa shape index (κ3) is 3.27. The lowest BCUT2D eigenvalue weighted by molar-refractivity contribution is -0.127. The number of hydrogen-bond donors (Lipinski definition) is 3. The average molecular weight is 304 g/mol. The van der Waals surface area contributed by atoms with Gasteiger partial charge in [-0.1, -0.05) is 12.8 Å². The smallest absolute Gasteiger partial charge is 0.335 e. The lowest BCUT2D eigenvalue weighted by Gasteiger charge is -2.25. The summed E-state index contributed by atoms with van der Waals surface area (Å²) in [5.74, 6) is -1.86. The van der Waals surface area contributed by atoms with Gasteiger partial charge < -0.3 is 16.2 Å². The fraction of sp³-hybridized carbons (Fsp3) is 0.438. The van der Waals surface area contributed by atoms with Crippen LogP contribution in [0.15, 0.2) is 18.2 Å². The van der Waals surface area contributed by atoms with Crippen LogP contribution in [-0.4, -0.2) is 29.4 Å². The van der Waals surface area contributed by atoms with Crippen LogP contribution >= 0.6 is 0 Å². The summed E-state index contributed by atoms with van der Waals surface area (Å²) in [6.07, 6.45) is 3.20. The monoisotopic (exact) mass is 304 g/mol. The van der Waals surface area contributed by atoms with Crippen LogP contribution in [0.4, 0.5) is 0 Å². The molecule has 0 heterocycles. The zero-order chi connectivity index (χ0) is 16.3. The number of aromatic carboxylic acids is 1. The highest BCUT2D eigenvalue weighted by molar-refractivity contribution is 5.98. The predicted molar refractivity (Wildman–Crippen MR) is 80.6 cm³/mol. The van der Waals surface area contributed by atoms with Gasteiger partial charge >= 0.3 is 5.97 Å². The van der Waals surface area contributed by atoms with Crippen LogP contribution in [0.3, 0.4) is 0 Å². The van der Waals surface area contributed by atoms with Crippen LogP contribution in [0, 0.1) is 12.3 Å². The molecule has 0 bridgehead atoms. The van der Waals surface area contributed by atoms with Crippen molar-refractivity contribution in [2.45, 2.75) is 32.6 Å². The first-order valence-corrected chi connectivity index (χ1v) is 7.27. The Kier molecular flexibility index (Phi) is 4.49. The van der Waals surface area contributed by atoms with Crippen molar-refractivity contribution in [1.29, 1.82) is 0 Å². The molecule has 6 heteroatoms. The number of carboxylic acids is 1. The Hall–Kier alpha value is -2.37. The molecule has 2 amide bonds. The van der Waals surface area contributed by atoms with E-state index in [0.29, 0.717) is 18.4 Å². The van der Waals surface area contributed by atoms with Gasteiger partial charge in [-0.25, -0.2) is 4.79 Å². The minimum atomic E-state index is -1.08. The number of carbonyl (C=O) groups excluding carboxylic acids is 2. The van der Waals surface area contributed by atoms with E-state index in [1.54, 1.807) is 13.0 Å². The van der Waals surface area contributed by atoms with Gasteiger partial charge in [0, 0.05) is 12.1 Å². The van der Waals surface area contributed by atoms with Gasteiger partial charge in [0.1, 0.15) is 0 Å². The first kappa shape index (κ1) is 16.0. The third-order valence-electron chi connectivity index (χ3n) is 4.26. The van der Waals surface area contributed by atoms with Crippen LogP contribution in [-0.2, 0) is 4.79 Å². The number of carboxylic acid groups (broad SMARTS) is 1. The second-order valence-corrected chi connectivity index (χ2v) is 5.93. The Morgan fingerprint density at radius 3 is 2.32 bits per heavy atom. The van der Waals surface area contributed by atoms with Gasteiger partial charge in [-0.15, -0.1) is 0 Å². The minimum absolute atomic E-state index is 0.0654. The highest BCUT2D eigenvalue weighted by Crippen LogP contribution is 2.37. The third-order valence-corrected chi connectivity index (χ3v) is 4.26. The molecule has 1 aliphatic carbocycles. The Morgan fingerprint density at radius 2 is 1.77 bits per heavy atom. The summed E-state index contributed by atoms with van der Waals surface area (Å²) >= 11 is 0. The zero-order valence-electron chi connectivity index (χ0n) is 12.5. The summed E-state index contributed by atoms with van der Waals surface area (Å²) in [4.78, 5) is 34.9. The maximum atomic E-state index is 12.2. The fourth-order valence-electron chi connectivity index (χ4n) is 2.95. The zero-order valence-corrected chi connectivity index (χ0v) is 12.5. The van der Waals surface area contributed by atoms with Crippen LogP contribution in [0.1, 0.15) is 52.0 Å². The van der Waals surface area contributed by atoms with Crippen molar-refractivity contribution in [3.63, 3.8) is 0 Å².